The Labute approximate surface area is 177 Å². The van der Waals surface area contributed by atoms with Crippen LogP contribution >= 0.6 is 0 Å². The van der Waals surface area contributed by atoms with Crippen molar-refractivity contribution in [1.82, 2.24) is 4.90 Å². The van der Waals surface area contributed by atoms with Gasteiger partial charge in [0.25, 0.3) is 5.91 Å². The SMILES string of the molecule is CC(=O)N(C)Cc1cccc(NC(=O)c2cccc(OCc3cccc(C)c3)c2)c1. The lowest BCUT2D eigenvalue weighted by atomic mass is 10.1. The van der Waals surface area contributed by atoms with Gasteiger partial charge >= 0.3 is 0 Å². The van der Waals surface area contributed by atoms with Gasteiger partial charge in [-0.15, -0.1) is 0 Å². The molecule has 2 amide bonds. The van der Waals surface area contributed by atoms with Crippen molar-refractivity contribution in [2.24, 2.45) is 0 Å². The molecule has 5 heteroatoms. The molecule has 3 aromatic rings. The van der Waals surface area contributed by atoms with Crippen molar-refractivity contribution in [1.29, 1.82) is 0 Å². The molecule has 0 spiro atoms. The summed E-state index contributed by atoms with van der Waals surface area (Å²) >= 11 is 0. The summed E-state index contributed by atoms with van der Waals surface area (Å²) in [6.07, 6.45) is 0. The maximum absolute atomic E-state index is 12.7. The van der Waals surface area contributed by atoms with Crippen LogP contribution in [0.1, 0.15) is 34.0 Å². The zero-order chi connectivity index (χ0) is 21.5. The zero-order valence-corrected chi connectivity index (χ0v) is 17.5. The lowest BCUT2D eigenvalue weighted by Crippen LogP contribution is -2.23. The molecule has 0 bridgehead atoms. The van der Waals surface area contributed by atoms with Crippen LogP contribution in [-0.2, 0) is 17.9 Å². The molecule has 3 rings (SSSR count). The Morgan fingerprint density at radius 3 is 2.43 bits per heavy atom. The fraction of sp³-hybridized carbons (Fsp3) is 0.200. The van der Waals surface area contributed by atoms with Gasteiger partial charge in [0, 0.05) is 31.8 Å². The van der Waals surface area contributed by atoms with Gasteiger partial charge in [-0.3, -0.25) is 9.59 Å². The van der Waals surface area contributed by atoms with Crippen LogP contribution in [0.3, 0.4) is 0 Å². The minimum atomic E-state index is -0.215. The summed E-state index contributed by atoms with van der Waals surface area (Å²) in [4.78, 5) is 25.7. The monoisotopic (exact) mass is 402 g/mol. The van der Waals surface area contributed by atoms with Crippen LogP contribution in [0.2, 0.25) is 0 Å². The number of carbonyl (C=O) groups is 2. The molecule has 0 radical (unpaired) electrons. The highest BCUT2D eigenvalue weighted by Gasteiger charge is 2.09. The number of rotatable bonds is 7. The second-order valence-corrected chi connectivity index (χ2v) is 7.34. The summed E-state index contributed by atoms with van der Waals surface area (Å²) in [6, 6.07) is 22.7. The van der Waals surface area contributed by atoms with Crippen molar-refractivity contribution in [3.63, 3.8) is 0 Å². The van der Waals surface area contributed by atoms with Crippen LogP contribution in [0, 0.1) is 6.92 Å². The van der Waals surface area contributed by atoms with Gasteiger partial charge < -0.3 is 15.0 Å². The van der Waals surface area contributed by atoms with Gasteiger partial charge in [-0.05, 0) is 48.4 Å². The minimum Gasteiger partial charge on any atom is -0.489 e. The van der Waals surface area contributed by atoms with Crippen molar-refractivity contribution < 1.29 is 14.3 Å². The van der Waals surface area contributed by atoms with Gasteiger partial charge in [0.15, 0.2) is 0 Å². The molecule has 0 aliphatic heterocycles. The molecule has 0 aliphatic carbocycles. The summed E-state index contributed by atoms with van der Waals surface area (Å²) in [7, 11) is 1.75. The lowest BCUT2D eigenvalue weighted by molar-refractivity contribution is -0.128. The van der Waals surface area contributed by atoms with Crippen LogP contribution in [0.4, 0.5) is 5.69 Å². The van der Waals surface area contributed by atoms with Crippen molar-refractivity contribution >= 4 is 17.5 Å². The van der Waals surface area contributed by atoms with E-state index in [-0.39, 0.29) is 11.8 Å². The molecule has 0 aromatic heterocycles. The van der Waals surface area contributed by atoms with Crippen LogP contribution in [0.5, 0.6) is 5.75 Å². The first-order valence-corrected chi connectivity index (χ1v) is 9.81. The number of carbonyl (C=O) groups excluding carboxylic acids is 2. The first kappa shape index (κ1) is 21.1. The third-order valence-corrected chi connectivity index (χ3v) is 4.73. The Hall–Kier alpha value is -3.60. The smallest absolute Gasteiger partial charge is 0.255 e. The highest BCUT2D eigenvalue weighted by atomic mass is 16.5. The Morgan fingerprint density at radius 2 is 1.67 bits per heavy atom. The van der Waals surface area contributed by atoms with E-state index in [1.807, 2.05) is 55.5 Å². The number of aryl methyl sites for hydroxylation is 1. The molecular formula is C25H26N2O3. The Morgan fingerprint density at radius 1 is 0.933 bits per heavy atom. The van der Waals surface area contributed by atoms with E-state index in [4.69, 9.17) is 4.74 Å². The molecule has 0 unspecified atom stereocenters. The molecule has 5 nitrogen and oxygen atoms in total. The molecule has 0 atom stereocenters. The maximum Gasteiger partial charge on any atom is 0.255 e. The largest absolute Gasteiger partial charge is 0.489 e. The summed E-state index contributed by atoms with van der Waals surface area (Å²) in [5.41, 5.74) is 4.41. The average molecular weight is 402 g/mol. The van der Waals surface area contributed by atoms with Gasteiger partial charge in [0.1, 0.15) is 12.4 Å². The zero-order valence-electron chi connectivity index (χ0n) is 17.5. The molecule has 0 heterocycles. The van der Waals surface area contributed by atoms with E-state index in [1.54, 1.807) is 30.1 Å². The maximum atomic E-state index is 12.7. The van der Waals surface area contributed by atoms with Crippen LogP contribution in [0.25, 0.3) is 0 Å². The molecule has 30 heavy (non-hydrogen) atoms. The number of anilines is 1. The molecule has 0 saturated heterocycles. The quantitative estimate of drug-likeness (QED) is 0.617. The number of benzene rings is 3. The fourth-order valence-electron chi connectivity index (χ4n) is 3.03. The van der Waals surface area contributed by atoms with E-state index in [9.17, 15) is 9.59 Å². The average Bonchev–Trinajstić information content (AvgIpc) is 2.73. The van der Waals surface area contributed by atoms with Crippen LogP contribution in [0.15, 0.2) is 72.8 Å². The second-order valence-electron chi connectivity index (χ2n) is 7.34. The van der Waals surface area contributed by atoms with Crippen molar-refractivity contribution in [2.45, 2.75) is 27.0 Å². The van der Waals surface area contributed by atoms with Crippen molar-refractivity contribution in [2.75, 3.05) is 12.4 Å². The van der Waals surface area contributed by atoms with Gasteiger partial charge in [0.05, 0.1) is 0 Å². The van der Waals surface area contributed by atoms with Gasteiger partial charge in [-0.1, -0.05) is 48.0 Å². The summed E-state index contributed by atoms with van der Waals surface area (Å²) < 4.78 is 5.86. The Balaban J connectivity index is 1.64. The molecule has 3 aromatic carbocycles. The fourth-order valence-corrected chi connectivity index (χ4v) is 3.03. The summed E-state index contributed by atoms with van der Waals surface area (Å²) in [5.74, 6) is 0.418. The molecular weight excluding hydrogens is 376 g/mol. The summed E-state index contributed by atoms with van der Waals surface area (Å²) in [6.45, 7) is 4.50. The topological polar surface area (TPSA) is 58.6 Å². The third kappa shape index (κ3) is 5.95. The minimum absolute atomic E-state index is 0.00748. The lowest BCUT2D eigenvalue weighted by Gasteiger charge is -2.15. The standard InChI is InChI=1S/C25H26N2O3/c1-18-7-4-9-21(13-18)17-30-24-12-6-10-22(15-24)25(29)26-23-11-5-8-20(14-23)16-27(3)19(2)28/h4-15H,16-17H2,1-3H3,(H,26,29). The third-order valence-electron chi connectivity index (χ3n) is 4.73. The Kier molecular flexibility index (Phi) is 6.86. The predicted octanol–water partition coefficient (Wildman–Crippen LogP) is 4.80. The van der Waals surface area contributed by atoms with E-state index in [1.165, 1.54) is 12.5 Å². The van der Waals surface area contributed by atoms with Crippen LogP contribution in [-0.4, -0.2) is 23.8 Å². The summed E-state index contributed by atoms with van der Waals surface area (Å²) in [5, 5.41) is 2.91. The van der Waals surface area contributed by atoms with Gasteiger partial charge in [-0.2, -0.15) is 0 Å². The number of hydrogen-bond acceptors (Lipinski definition) is 3. The Bertz CT molecular complexity index is 1050. The number of nitrogens with one attached hydrogen (secondary N) is 1. The number of hydrogen-bond donors (Lipinski definition) is 1. The number of amides is 2. The molecule has 0 aliphatic rings. The van der Waals surface area contributed by atoms with Crippen LogP contribution < -0.4 is 10.1 Å². The van der Waals surface area contributed by atoms with Gasteiger partial charge in [-0.25, -0.2) is 0 Å². The second kappa shape index (κ2) is 9.74. The normalized spacial score (nSPS) is 10.4. The van der Waals surface area contributed by atoms with E-state index in [0.29, 0.717) is 30.2 Å². The first-order chi connectivity index (χ1) is 14.4. The van der Waals surface area contributed by atoms with Gasteiger partial charge in [0.2, 0.25) is 5.91 Å². The molecule has 0 fully saturated rings. The van der Waals surface area contributed by atoms with E-state index in [2.05, 4.69) is 11.4 Å². The molecule has 154 valence electrons. The first-order valence-electron chi connectivity index (χ1n) is 9.81. The predicted molar refractivity (Wildman–Crippen MR) is 118 cm³/mol. The molecule has 1 N–H and O–H groups in total. The van der Waals surface area contributed by atoms with E-state index < -0.39 is 0 Å². The van der Waals surface area contributed by atoms with Crippen molar-refractivity contribution in [3.05, 3.63) is 95.1 Å². The number of ether oxygens (including phenoxy) is 1. The number of nitrogens with zero attached hydrogens (tertiary/aromatic N) is 1. The molecule has 0 saturated carbocycles. The highest BCUT2D eigenvalue weighted by Crippen LogP contribution is 2.18. The highest BCUT2D eigenvalue weighted by molar-refractivity contribution is 6.04. The van der Waals surface area contributed by atoms with E-state index >= 15 is 0 Å². The van der Waals surface area contributed by atoms with Crippen molar-refractivity contribution in [3.8, 4) is 5.75 Å². The van der Waals surface area contributed by atoms with E-state index in [0.717, 1.165) is 11.1 Å².